The van der Waals surface area contributed by atoms with Crippen LogP contribution < -0.4 is 0 Å². The van der Waals surface area contributed by atoms with Crippen molar-refractivity contribution in [3.05, 3.63) is 11.6 Å². The van der Waals surface area contributed by atoms with Crippen LogP contribution in [0.5, 0.6) is 0 Å². The predicted molar refractivity (Wildman–Crippen MR) is 105 cm³/mol. The maximum atomic E-state index is 12.9. The van der Waals surface area contributed by atoms with Crippen molar-refractivity contribution in [3.8, 4) is 0 Å². The number of esters is 1. The van der Waals surface area contributed by atoms with E-state index in [9.17, 15) is 24.6 Å². The van der Waals surface area contributed by atoms with Gasteiger partial charge in [-0.05, 0) is 55.3 Å². The van der Waals surface area contributed by atoms with E-state index in [-0.39, 0.29) is 29.0 Å². The van der Waals surface area contributed by atoms with Crippen LogP contribution in [0.1, 0.15) is 65.7 Å². The summed E-state index contributed by atoms with van der Waals surface area (Å²) in [4.78, 5) is 36.0. The van der Waals surface area contributed by atoms with E-state index in [1.807, 2.05) is 6.92 Å². The standard InChI is InChI=1S/C23H32O6/c1-13(24)29-12-19(27)23(28)9-7-17-16-5-4-14-10-15(25)6-8-21(14,2)20(16)18(26)11-22(17,23)3/h4,16-18,20,26,28H,5-12H2,1-3H3/t16?,17?,18-,20?,21-,22-,23-/m0/s1. The number of rotatable bonds is 3. The zero-order chi connectivity index (χ0) is 21.2. The highest BCUT2D eigenvalue weighted by Gasteiger charge is 2.68. The molecule has 0 aromatic heterocycles. The van der Waals surface area contributed by atoms with Gasteiger partial charge in [-0.2, -0.15) is 0 Å². The molecule has 7 atom stereocenters. The summed E-state index contributed by atoms with van der Waals surface area (Å²) in [7, 11) is 0. The van der Waals surface area contributed by atoms with Crippen molar-refractivity contribution >= 4 is 17.5 Å². The third kappa shape index (κ3) is 2.86. The number of aliphatic hydroxyl groups is 2. The highest BCUT2D eigenvalue weighted by Crippen LogP contribution is 2.67. The molecule has 29 heavy (non-hydrogen) atoms. The Labute approximate surface area is 171 Å². The van der Waals surface area contributed by atoms with Gasteiger partial charge in [-0.25, -0.2) is 0 Å². The first-order chi connectivity index (χ1) is 13.5. The van der Waals surface area contributed by atoms with E-state index in [0.29, 0.717) is 32.1 Å². The van der Waals surface area contributed by atoms with Crippen LogP contribution in [0, 0.1) is 28.6 Å². The normalized spacial score (nSPS) is 46.2. The van der Waals surface area contributed by atoms with Crippen LogP contribution in [-0.4, -0.2) is 46.1 Å². The molecule has 0 aromatic rings. The third-order valence-electron chi connectivity index (χ3n) is 8.89. The summed E-state index contributed by atoms with van der Waals surface area (Å²) in [5, 5.41) is 22.8. The molecule has 3 unspecified atom stereocenters. The molecule has 3 saturated carbocycles. The molecule has 4 rings (SSSR count). The predicted octanol–water partition coefficient (Wildman–Crippen LogP) is 2.35. The minimum Gasteiger partial charge on any atom is -0.458 e. The van der Waals surface area contributed by atoms with Gasteiger partial charge < -0.3 is 14.9 Å². The highest BCUT2D eigenvalue weighted by atomic mass is 16.5. The first-order valence-corrected chi connectivity index (χ1v) is 10.8. The van der Waals surface area contributed by atoms with Crippen LogP contribution in [0.2, 0.25) is 0 Å². The van der Waals surface area contributed by atoms with E-state index in [4.69, 9.17) is 4.74 Å². The van der Waals surface area contributed by atoms with E-state index in [0.717, 1.165) is 18.4 Å². The van der Waals surface area contributed by atoms with Crippen molar-refractivity contribution < 1.29 is 29.3 Å². The molecule has 0 amide bonds. The second-order valence-corrected chi connectivity index (χ2v) is 10.2. The van der Waals surface area contributed by atoms with Gasteiger partial charge in [0.15, 0.2) is 6.61 Å². The van der Waals surface area contributed by atoms with Crippen LogP contribution in [-0.2, 0) is 19.1 Å². The maximum Gasteiger partial charge on any atom is 0.303 e. The summed E-state index contributed by atoms with van der Waals surface area (Å²) in [6.45, 7) is 4.91. The second-order valence-electron chi connectivity index (χ2n) is 10.2. The Morgan fingerprint density at radius 1 is 1.28 bits per heavy atom. The molecule has 0 bridgehead atoms. The molecule has 0 aromatic carbocycles. The van der Waals surface area contributed by atoms with Crippen molar-refractivity contribution in [2.24, 2.45) is 28.6 Å². The molecular formula is C23H32O6. The monoisotopic (exact) mass is 404 g/mol. The molecular weight excluding hydrogens is 372 g/mol. The fraction of sp³-hybridized carbons (Fsp3) is 0.783. The fourth-order valence-electron chi connectivity index (χ4n) is 7.36. The number of Topliss-reactive ketones (excluding diaryl/α,β-unsaturated/α-hetero) is 2. The Hall–Kier alpha value is -1.53. The molecule has 0 heterocycles. The number of ketones is 2. The van der Waals surface area contributed by atoms with Gasteiger partial charge >= 0.3 is 5.97 Å². The van der Waals surface area contributed by atoms with Crippen molar-refractivity contribution in [1.29, 1.82) is 0 Å². The molecule has 0 spiro atoms. The van der Waals surface area contributed by atoms with Crippen LogP contribution >= 0.6 is 0 Å². The minimum absolute atomic E-state index is 0.0413. The summed E-state index contributed by atoms with van der Waals surface area (Å²) >= 11 is 0. The lowest BCUT2D eigenvalue weighted by molar-refractivity contribution is -0.182. The van der Waals surface area contributed by atoms with Gasteiger partial charge in [-0.1, -0.05) is 25.5 Å². The number of hydrogen-bond donors (Lipinski definition) is 2. The van der Waals surface area contributed by atoms with Crippen LogP contribution in [0.3, 0.4) is 0 Å². The molecule has 6 heteroatoms. The van der Waals surface area contributed by atoms with Gasteiger partial charge in [0, 0.05) is 25.2 Å². The Morgan fingerprint density at radius 3 is 2.69 bits per heavy atom. The lowest BCUT2D eigenvalue weighted by Crippen LogP contribution is -2.61. The second kappa shape index (κ2) is 6.74. The molecule has 4 aliphatic carbocycles. The summed E-state index contributed by atoms with van der Waals surface area (Å²) in [6, 6.07) is 0. The Morgan fingerprint density at radius 2 is 2.00 bits per heavy atom. The fourth-order valence-corrected chi connectivity index (χ4v) is 7.36. The number of hydrogen-bond acceptors (Lipinski definition) is 6. The molecule has 0 aliphatic heterocycles. The lowest BCUT2D eigenvalue weighted by atomic mass is 9.46. The summed E-state index contributed by atoms with van der Waals surface area (Å²) in [6.07, 6.45) is 5.50. The van der Waals surface area contributed by atoms with Gasteiger partial charge in [0.2, 0.25) is 5.78 Å². The number of ether oxygens (including phenoxy) is 1. The van der Waals surface area contributed by atoms with Crippen molar-refractivity contribution in [1.82, 2.24) is 0 Å². The Bertz CT molecular complexity index is 786. The van der Waals surface area contributed by atoms with Gasteiger partial charge in [-0.15, -0.1) is 0 Å². The summed E-state index contributed by atoms with van der Waals surface area (Å²) in [5.74, 6) is -0.427. The number of aliphatic hydroxyl groups excluding tert-OH is 1. The van der Waals surface area contributed by atoms with E-state index >= 15 is 0 Å². The SMILES string of the molecule is CC(=O)OCC(=O)[C@@]1(O)CCC2C3CC=C4CC(=O)CC[C@]4(C)C3[C@@H](O)C[C@@]21C. The minimum atomic E-state index is -1.59. The molecule has 3 fully saturated rings. The van der Waals surface area contributed by atoms with Gasteiger partial charge in [0.25, 0.3) is 0 Å². The lowest BCUT2D eigenvalue weighted by Gasteiger charge is -2.59. The molecule has 4 aliphatic rings. The zero-order valence-electron chi connectivity index (χ0n) is 17.6. The highest BCUT2D eigenvalue weighted by molar-refractivity contribution is 5.91. The maximum absolute atomic E-state index is 12.9. The average Bonchev–Trinajstić information content (AvgIpc) is 2.91. The molecule has 2 N–H and O–H groups in total. The van der Waals surface area contributed by atoms with E-state index < -0.39 is 35.5 Å². The molecule has 0 saturated heterocycles. The van der Waals surface area contributed by atoms with Crippen molar-refractivity contribution in [2.45, 2.75) is 77.4 Å². The summed E-state index contributed by atoms with van der Waals surface area (Å²) in [5.41, 5.74) is -1.37. The smallest absolute Gasteiger partial charge is 0.303 e. The average molecular weight is 405 g/mol. The summed E-state index contributed by atoms with van der Waals surface area (Å²) < 4.78 is 4.88. The Kier molecular flexibility index (Phi) is 4.82. The Balaban J connectivity index is 1.66. The number of allylic oxidation sites excluding steroid dienone is 2. The largest absolute Gasteiger partial charge is 0.458 e. The first kappa shape index (κ1) is 20.7. The topological polar surface area (TPSA) is 101 Å². The van der Waals surface area contributed by atoms with Gasteiger partial charge in [-0.3, -0.25) is 14.4 Å². The van der Waals surface area contributed by atoms with Gasteiger partial charge in [0.1, 0.15) is 11.4 Å². The van der Waals surface area contributed by atoms with Crippen molar-refractivity contribution in [2.75, 3.05) is 6.61 Å². The van der Waals surface area contributed by atoms with E-state index in [2.05, 4.69) is 13.0 Å². The van der Waals surface area contributed by atoms with Crippen LogP contribution in [0.25, 0.3) is 0 Å². The molecule has 0 radical (unpaired) electrons. The third-order valence-corrected chi connectivity index (χ3v) is 8.89. The van der Waals surface area contributed by atoms with E-state index in [1.54, 1.807) is 0 Å². The van der Waals surface area contributed by atoms with Crippen molar-refractivity contribution in [3.63, 3.8) is 0 Å². The van der Waals surface area contributed by atoms with E-state index in [1.165, 1.54) is 6.92 Å². The molecule has 160 valence electrons. The number of carbonyl (C=O) groups is 3. The van der Waals surface area contributed by atoms with Crippen LogP contribution in [0.4, 0.5) is 0 Å². The number of carbonyl (C=O) groups excluding carboxylic acids is 3. The van der Waals surface area contributed by atoms with Crippen LogP contribution in [0.15, 0.2) is 11.6 Å². The van der Waals surface area contributed by atoms with Gasteiger partial charge in [0.05, 0.1) is 6.10 Å². The zero-order valence-corrected chi connectivity index (χ0v) is 17.6. The first-order valence-electron chi connectivity index (χ1n) is 10.8. The molecule has 6 nitrogen and oxygen atoms in total. The number of fused-ring (bicyclic) bond motifs is 5. The quantitative estimate of drug-likeness (QED) is 0.553.